The van der Waals surface area contributed by atoms with Gasteiger partial charge in [-0.3, -0.25) is 0 Å². The summed E-state index contributed by atoms with van der Waals surface area (Å²) in [6, 6.07) is 9.90. The van der Waals surface area contributed by atoms with Crippen molar-refractivity contribution in [3.05, 3.63) is 72.7 Å². The number of allylic oxidation sites excluding steroid dienone is 2. The van der Waals surface area contributed by atoms with E-state index in [1.165, 1.54) is 0 Å². The molecule has 1 aromatic carbocycles. The molecule has 0 saturated heterocycles. The molecule has 78 valence electrons. The van der Waals surface area contributed by atoms with Crippen molar-refractivity contribution in [1.82, 2.24) is 0 Å². The van der Waals surface area contributed by atoms with Gasteiger partial charge in [0.05, 0.1) is 0 Å². The van der Waals surface area contributed by atoms with Crippen molar-refractivity contribution >= 4 is 0 Å². The number of rotatable bonds is 5. The Hall–Kier alpha value is -1.96. The first kappa shape index (κ1) is 11.1. The van der Waals surface area contributed by atoms with Gasteiger partial charge in [0.15, 0.2) is 0 Å². The van der Waals surface area contributed by atoms with Crippen LogP contribution in [0.15, 0.2) is 67.1 Å². The molecule has 0 fully saturated rings. The van der Waals surface area contributed by atoms with Crippen molar-refractivity contribution in [2.75, 3.05) is 0 Å². The van der Waals surface area contributed by atoms with Gasteiger partial charge in [-0.25, -0.2) is 0 Å². The van der Waals surface area contributed by atoms with Crippen LogP contribution >= 0.6 is 0 Å². The van der Waals surface area contributed by atoms with E-state index in [4.69, 9.17) is 10.5 Å². The van der Waals surface area contributed by atoms with Gasteiger partial charge < -0.3 is 10.5 Å². The molecule has 0 amide bonds. The zero-order valence-corrected chi connectivity index (χ0v) is 8.65. The number of hydrogen-bond donors (Lipinski definition) is 1. The maximum absolute atomic E-state index is 5.49. The highest BCUT2D eigenvalue weighted by Gasteiger charge is 1.94. The van der Waals surface area contributed by atoms with E-state index >= 15 is 0 Å². The van der Waals surface area contributed by atoms with Gasteiger partial charge in [-0.15, -0.1) is 0 Å². The Labute approximate surface area is 90.4 Å². The summed E-state index contributed by atoms with van der Waals surface area (Å²) in [5.41, 5.74) is 7.00. The second-order valence-corrected chi connectivity index (χ2v) is 3.10. The average molecular weight is 201 g/mol. The molecule has 0 aliphatic carbocycles. The lowest BCUT2D eigenvalue weighted by Gasteiger charge is -2.06. The van der Waals surface area contributed by atoms with E-state index in [1.807, 2.05) is 30.3 Å². The van der Waals surface area contributed by atoms with Gasteiger partial charge in [0.25, 0.3) is 0 Å². The third-order valence-electron chi connectivity index (χ3n) is 1.78. The van der Waals surface area contributed by atoms with Crippen LogP contribution in [0.1, 0.15) is 5.56 Å². The molecule has 0 aliphatic heterocycles. The van der Waals surface area contributed by atoms with Crippen LogP contribution in [-0.2, 0) is 11.3 Å². The van der Waals surface area contributed by atoms with Crippen molar-refractivity contribution < 1.29 is 4.74 Å². The van der Waals surface area contributed by atoms with E-state index in [0.717, 1.165) is 5.56 Å². The molecule has 0 aliphatic rings. The zero-order valence-electron chi connectivity index (χ0n) is 8.65. The Bertz CT molecular complexity index is 365. The minimum absolute atomic E-state index is 0.456. The summed E-state index contributed by atoms with van der Waals surface area (Å²) in [6.45, 7) is 7.71. The Morgan fingerprint density at radius 2 is 2.00 bits per heavy atom. The van der Waals surface area contributed by atoms with Crippen molar-refractivity contribution in [2.24, 2.45) is 5.73 Å². The fourth-order valence-corrected chi connectivity index (χ4v) is 1.08. The van der Waals surface area contributed by atoms with E-state index in [1.54, 1.807) is 12.2 Å². The van der Waals surface area contributed by atoms with Gasteiger partial charge in [-0.05, 0) is 11.6 Å². The van der Waals surface area contributed by atoms with E-state index < -0.39 is 0 Å². The molecule has 0 radical (unpaired) electrons. The van der Waals surface area contributed by atoms with E-state index in [2.05, 4.69) is 13.2 Å². The highest BCUT2D eigenvalue weighted by Crippen LogP contribution is 2.07. The van der Waals surface area contributed by atoms with E-state index in [-0.39, 0.29) is 0 Å². The normalized spacial score (nSPS) is 10.8. The van der Waals surface area contributed by atoms with Crippen LogP contribution < -0.4 is 5.73 Å². The van der Waals surface area contributed by atoms with E-state index in [9.17, 15) is 0 Å². The molecule has 2 heteroatoms. The minimum atomic E-state index is 0.456. The molecule has 2 nitrogen and oxygen atoms in total. The highest BCUT2D eigenvalue weighted by atomic mass is 16.5. The molecular formula is C13H15NO. The van der Waals surface area contributed by atoms with Gasteiger partial charge in [0, 0.05) is 11.8 Å². The number of ether oxygens (including phenoxy) is 1. The minimum Gasteiger partial charge on any atom is -0.489 e. The lowest BCUT2D eigenvalue weighted by molar-refractivity contribution is 0.211. The number of nitrogens with two attached hydrogens (primary N) is 1. The fourth-order valence-electron chi connectivity index (χ4n) is 1.08. The molecule has 0 atom stereocenters. The Kier molecular flexibility index (Phi) is 4.23. The highest BCUT2D eigenvalue weighted by molar-refractivity contribution is 5.21. The van der Waals surface area contributed by atoms with Crippen LogP contribution in [0.5, 0.6) is 0 Å². The van der Waals surface area contributed by atoms with Crippen LogP contribution in [0.4, 0.5) is 0 Å². The molecule has 1 aromatic rings. The second-order valence-electron chi connectivity index (χ2n) is 3.10. The monoisotopic (exact) mass is 201 g/mol. The number of hydrogen-bond acceptors (Lipinski definition) is 2. The molecule has 0 unspecified atom stereocenters. The maximum atomic E-state index is 5.49. The summed E-state index contributed by atoms with van der Waals surface area (Å²) in [4.78, 5) is 0. The predicted octanol–water partition coefficient (Wildman–Crippen LogP) is 2.75. The first-order valence-corrected chi connectivity index (χ1v) is 4.67. The average Bonchev–Trinajstić information content (AvgIpc) is 2.25. The zero-order chi connectivity index (χ0) is 11.1. The molecule has 0 bridgehead atoms. The summed E-state index contributed by atoms with van der Waals surface area (Å²) in [5, 5.41) is 0. The van der Waals surface area contributed by atoms with Crippen LogP contribution in [0.3, 0.4) is 0 Å². The molecule has 0 heterocycles. The van der Waals surface area contributed by atoms with Gasteiger partial charge in [-0.1, -0.05) is 43.5 Å². The Morgan fingerprint density at radius 1 is 1.33 bits per heavy atom. The smallest absolute Gasteiger partial charge is 0.121 e. The molecule has 2 N–H and O–H groups in total. The van der Waals surface area contributed by atoms with Crippen LogP contribution in [0.2, 0.25) is 0 Å². The molecule has 0 spiro atoms. The van der Waals surface area contributed by atoms with Crippen LogP contribution in [0, 0.1) is 0 Å². The second kappa shape index (κ2) is 5.70. The van der Waals surface area contributed by atoms with E-state index in [0.29, 0.717) is 18.1 Å². The van der Waals surface area contributed by atoms with Crippen LogP contribution in [-0.4, -0.2) is 0 Å². The Morgan fingerprint density at radius 3 is 2.53 bits per heavy atom. The first-order chi connectivity index (χ1) is 7.22. The predicted molar refractivity (Wildman–Crippen MR) is 62.8 cm³/mol. The summed E-state index contributed by atoms with van der Waals surface area (Å²) in [7, 11) is 0. The third kappa shape index (κ3) is 4.18. The molecule has 0 aromatic heterocycles. The van der Waals surface area contributed by atoms with Crippen molar-refractivity contribution in [3.63, 3.8) is 0 Å². The van der Waals surface area contributed by atoms with Gasteiger partial charge >= 0.3 is 0 Å². The summed E-state index contributed by atoms with van der Waals surface area (Å²) < 4.78 is 5.49. The van der Waals surface area contributed by atoms with Crippen molar-refractivity contribution in [3.8, 4) is 0 Å². The van der Waals surface area contributed by atoms with Crippen molar-refractivity contribution in [1.29, 1.82) is 0 Å². The maximum Gasteiger partial charge on any atom is 0.121 e. The number of benzene rings is 1. The Balaban J connectivity index is 2.56. The van der Waals surface area contributed by atoms with Gasteiger partial charge in [0.1, 0.15) is 12.4 Å². The SMILES string of the molecule is C=C/C(=C\C(=C)N)OCc1ccccc1. The topological polar surface area (TPSA) is 35.2 Å². The van der Waals surface area contributed by atoms with Gasteiger partial charge in [-0.2, -0.15) is 0 Å². The summed E-state index contributed by atoms with van der Waals surface area (Å²) in [6.07, 6.45) is 3.26. The fraction of sp³-hybridized carbons (Fsp3) is 0.0769. The lowest BCUT2D eigenvalue weighted by atomic mass is 10.2. The van der Waals surface area contributed by atoms with Crippen LogP contribution in [0.25, 0.3) is 0 Å². The largest absolute Gasteiger partial charge is 0.489 e. The molecule has 1 rings (SSSR count). The summed E-state index contributed by atoms with van der Waals surface area (Å²) in [5.74, 6) is 0.631. The quantitative estimate of drug-likeness (QED) is 0.587. The van der Waals surface area contributed by atoms with Crippen molar-refractivity contribution in [2.45, 2.75) is 6.61 Å². The lowest BCUT2D eigenvalue weighted by Crippen LogP contribution is -1.95. The molecular weight excluding hydrogens is 186 g/mol. The summed E-state index contributed by atoms with van der Waals surface area (Å²) >= 11 is 0. The standard InChI is InChI=1S/C13H15NO/c1-3-13(9-11(2)14)15-10-12-7-5-4-6-8-12/h3-9H,1-2,10,14H2/b13-9+. The first-order valence-electron chi connectivity index (χ1n) is 4.67. The molecule has 0 saturated carbocycles. The third-order valence-corrected chi connectivity index (χ3v) is 1.78. The molecule has 15 heavy (non-hydrogen) atoms. The van der Waals surface area contributed by atoms with Gasteiger partial charge in [0.2, 0.25) is 0 Å².